The van der Waals surface area contributed by atoms with Crippen molar-refractivity contribution < 1.29 is 14.3 Å². The fourth-order valence-corrected chi connectivity index (χ4v) is 3.01. The van der Waals surface area contributed by atoms with Gasteiger partial charge in [0.25, 0.3) is 0 Å². The van der Waals surface area contributed by atoms with E-state index in [2.05, 4.69) is 4.98 Å². The van der Waals surface area contributed by atoms with E-state index in [0.717, 1.165) is 11.3 Å². The number of pyridine rings is 1. The summed E-state index contributed by atoms with van der Waals surface area (Å²) in [7, 11) is 3.99. The summed E-state index contributed by atoms with van der Waals surface area (Å²) in [5.74, 6) is 0.474. The van der Waals surface area contributed by atoms with Crippen LogP contribution in [0.1, 0.15) is 5.56 Å². The average molecular weight is 402 g/mol. The van der Waals surface area contributed by atoms with Crippen molar-refractivity contribution in [1.29, 1.82) is 0 Å². The zero-order chi connectivity index (χ0) is 19.9. The number of hydrogen-bond donors (Lipinski definition) is 0. The minimum atomic E-state index is -0.207. The molecule has 0 bridgehead atoms. The van der Waals surface area contributed by atoms with Crippen LogP contribution >= 0.6 is 11.6 Å². The van der Waals surface area contributed by atoms with Crippen molar-refractivity contribution in [3.05, 3.63) is 59.4 Å². The molecule has 0 saturated carbocycles. The highest BCUT2D eigenvalue weighted by Crippen LogP contribution is 2.21. The number of ether oxygens (including phenoxy) is 2. The third-order valence-corrected chi connectivity index (χ3v) is 4.71. The highest BCUT2D eigenvalue weighted by atomic mass is 35.5. The molecule has 1 aromatic carbocycles. The molecule has 0 aliphatic carbocycles. The highest BCUT2D eigenvalue weighted by Gasteiger charge is 2.23. The number of morpholine rings is 1. The van der Waals surface area contributed by atoms with Gasteiger partial charge in [-0.15, -0.1) is 0 Å². The van der Waals surface area contributed by atoms with E-state index in [1.54, 1.807) is 29.3 Å². The van der Waals surface area contributed by atoms with Gasteiger partial charge >= 0.3 is 0 Å². The second kappa shape index (κ2) is 9.57. The molecule has 0 N–H and O–H groups in total. The molecule has 148 valence electrons. The fourth-order valence-electron chi connectivity index (χ4n) is 2.84. The minimum absolute atomic E-state index is 0.0376. The summed E-state index contributed by atoms with van der Waals surface area (Å²) in [4.78, 5) is 20.3. The van der Waals surface area contributed by atoms with Crippen molar-refractivity contribution in [2.24, 2.45) is 0 Å². The molecule has 1 fully saturated rings. The van der Waals surface area contributed by atoms with E-state index in [4.69, 9.17) is 21.1 Å². The van der Waals surface area contributed by atoms with Crippen LogP contribution in [-0.4, -0.2) is 62.3 Å². The van der Waals surface area contributed by atoms with Crippen molar-refractivity contribution >= 4 is 29.3 Å². The number of halogens is 1. The Balaban J connectivity index is 1.53. The van der Waals surface area contributed by atoms with Gasteiger partial charge in [-0.2, -0.15) is 0 Å². The second-order valence-corrected chi connectivity index (χ2v) is 7.06. The van der Waals surface area contributed by atoms with Crippen LogP contribution in [0.4, 0.5) is 5.69 Å². The monoisotopic (exact) mass is 401 g/mol. The largest absolute Gasteiger partial charge is 0.488 e. The quantitative estimate of drug-likeness (QED) is 0.550. The summed E-state index contributed by atoms with van der Waals surface area (Å²) in [5, 5.41) is 0.314. The van der Waals surface area contributed by atoms with Crippen LogP contribution in [0.3, 0.4) is 0 Å². The lowest BCUT2D eigenvalue weighted by Gasteiger charge is -2.32. The van der Waals surface area contributed by atoms with Crippen molar-refractivity contribution in [3.63, 3.8) is 0 Å². The Morgan fingerprint density at radius 2 is 2.14 bits per heavy atom. The Labute approximate surface area is 170 Å². The molecule has 0 spiro atoms. The number of rotatable bonds is 6. The molecule has 1 aromatic heterocycles. The first kappa shape index (κ1) is 20.2. The van der Waals surface area contributed by atoms with E-state index >= 15 is 0 Å². The summed E-state index contributed by atoms with van der Waals surface area (Å²) < 4.78 is 11.4. The van der Waals surface area contributed by atoms with E-state index in [-0.39, 0.29) is 12.0 Å². The van der Waals surface area contributed by atoms with Crippen molar-refractivity contribution in [3.8, 4) is 5.75 Å². The molecule has 1 amide bonds. The van der Waals surface area contributed by atoms with Crippen LogP contribution in [0, 0.1) is 0 Å². The van der Waals surface area contributed by atoms with Gasteiger partial charge in [0.2, 0.25) is 5.91 Å². The molecule has 3 rings (SSSR count). The first-order chi connectivity index (χ1) is 13.5. The van der Waals surface area contributed by atoms with E-state index < -0.39 is 0 Å². The molecule has 0 radical (unpaired) electrons. The van der Waals surface area contributed by atoms with Gasteiger partial charge in [-0.1, -0.05) is 23.7 Å². The molecule has 2 aromatic rings. The van der Waals surface area contributed by atoms with Gasteiger partial charge in [0, 0.05) is 38.6 Å². The predicted molar refractivity (Wildman–Crippen MR) is 111 cm³/mol. The zero-order valence-corrected chi connectivity index (χ0v) is 16.8. The first-order valence-corrected chi connectivity index (χ1v) is 9.50. The number of hydrogen-bond acceptors (Lipinski definition) is 5. The Hall–Kier alpha value is -2.57. The van der Waals surface area contributed by atoms with Crippen molar-refractivity contribution in [2.75, 3.05) is 45.3 Å². The number of amides is 1. The highest BCUT2D eigenvalue weighted by molar-refractivity contribution is 6.30. The van der Waals surface area contributed by atoms with E-state index in [9.17, 15) is 4.79 Å². The normalized spacial score (nSPS) is 17.0. The van der Waals surface area contributed by atoms with Gasteiger partial charge in [0.1, 0.15) is 12.7 Å². The van der Waals surface area contributed by atoms with Gasteiger partial charge in [-0.05, 0) is 35.9 Å². The Kier molecular flexibility index (Phi) is 6.90. The fraction of sp³-hybridized carbons (Fsp3) is 0.333. The van der Waals surface area contributed by atoms with Crippen LogP contribution in [0.2, 0.25) is 5.15 Å². The molecule has 1 aliphatic rings. The number of carbonyl (C=O) groups is 1. The summed E-state index contributed by atoms with van der Waals surface area (Å²) in [6.45, 7) is 1.82. The van der Waals surface area contributed by atoms with Crippen LogP contribution in [0.15, 0.2) is 48.7 Å². The Bertz CT molecular complexity index is 824. The summed E-state index contributed by atoms with van der Waals surface area (Å²) in [5.41, 5.74) is 2.10. The topological polar surface area (TPSA) is 54.9 Å². The molecule has 1 aliphatic heterocycles. The van der Waals surface area contributed by atoms with Gasteiger partial charge in [-0.3, -0.25) is 4.79 Å². The van der Waals surface area contributed by atoms with Crippen LogP contribution in [-0.2, 0) is 9.53 Å². The van der Waals surface area contributed by atoms with Gasteiger partial charge in [0.05, 0.1) is 13.2 Å². The number of aromatic nitrogens is 1. The third kappa shape index (κ3) is 5.47. The van der Waals surface area contributed by atoms with Crippen LogP contribution < -0.4 is 9.64 Å². The van der Waals surface area contributed by atoms with E-state index in [1.807, 2.05) is 49.3 Å². The number of carbonyl (C=O) groups excluding carboxylic acids is 1. The predicted octanol–water partition coefficient (Wildman–Crippen LogP) is 3.12. The molecular formula is C21H24ClN3O3. The molecule has 1 unspecified atom stereocenters. The smallest absolute Gasteiger partial charge is 0.246 e. The molecule has 28 heavy (non-hydrogen) atoms. The molecule has 1 saturated heterocycles. The Morgan fingerprint density at radius 1 is 1.36 bits per heavy atom. The molecule has 2 heterocycles. The standard InChI is InChI=1S/C21H24ClN3O3/c1-24(2)17-8-5-16(6-9-17)7-10-20(26)25-12-13-27-18(14-25)15-28-19-4-3-11-23-21(19)22/h3-11,18H,12-15H2,1-2H3. The SMILES string of the molecule is CN(C)c1ccc(C=CC(=O)N2CCOC(COc3cccnc3Cl)C2)cc1. The second-order valence-electron chi connectivity index (χ2n) is 6.70. The molecular weight excluding hydrogens is 378 g/mol. The maximum Gasteiger partial charge on any atom is 0.246 e. The number of benzene rings is 1. The first-order valence-electron chi connectivity index (χ1n) is 9.12. The average Bonchev–Trinajstić information content (AvgIpc) is 2.72. The van der Waals surface area contributed by atoms with Crippen molar-refractivity contribution in [1.82, 2.24) is 9.88 Å². The minimum Gasteiger partial charge on any atom is -0.488 e. The molecule has 6 nitrogen and oxygen atoms in total. The van der Waals surface area contributed by atoms with E-state index in [0.29, 0.717) is 37.2 Å². The van der Waals surface area contributed by atoms with Gasteiger partial charge in [0.15, 0.2) is 10.9 Å². The van der Waals surface area contributed by atoms with Gasteiger partial charge in [-0.25, -0.2) is 4.98 Å². The lowest BCUT2D eigenvalue weighted by molar-refractivity contribution is -0.134. The number of anilines is 1. The van der Waals surface area contributed by atoms with E-state index in [1.165, 1.54) is 0 Å². The molecule has 7 heteroatoms. The summed E-state index contributed by atoms with van der Waals surface area (Å²) >= 11 is 5.99. The lowest BCUT2D eigenvalue weighted by Crippen LogP contribution is -2.47. The van der Waals surface area contributed by atoms with Gasteiger partial charge < -0.3 is 19.3 Å². The Morgan fingerprint density at radius 3 is 2.86 bits per heavy atom. The number of nitrogens with zero attached hydrogens (tertiary/aromatic N) is 3. The summed E-state index contributed by atoms with van der Waals surface area (Å²) in [6, 6.07) is 11.5. The lowest BCUT2D eigenvalue weighted by atomic mass is 10.2. The van der Waals surface area contributed by atoms with Crippen LogP contribution in [0.5, 0.6) is 5.75 Å². The summed E-state index contributed by atoms with van der Waals surface area (Å²) in [6.07, 6.45) is 4.83. The maximum atomic E-state index is 12.5. The van der Waals surface area contributed by atoms with Crippen molar-refractivity contribution in [2.45, 2.75) is 6.10 Å². The third-order valence-electron chi connectivity index (χ3n) is 4.43. The zero-order valence-electron chi connectivity index (χ0n) is 16.0. The molecule has 1 atom stereocenters. The van der Waals surface area contributed by atoms with Crippen LogP contribution in [0.25, 0.3) is 6.08 Å². The maximum absolute atomic E-state index is 12.5.